The summed E-state index contributed by atoms with van der Waals surface area (Å²) in [6.07, 6.45) is 1.77. The van der Waals surface area contributed by atoms with Gasteiger partial charge in [-0.05, 0) is 28.7 Å². The van der Waals surface area contributed by atoms with Crippen LogP contribution in [-0.2, 0) is 10.2 Å². The predicted molar refractivity (Wildman–Crippen MR) is 117 cm³/mol. The molecule has 1 amide bonds. The first kappa shape index (κ1) is 20.1. The third-order valence-corrected chi connectivity index (χ3v) is 5.53. The zero-order valence-electron chi connectivity index (χ0n) is 16.8. The number of rotatable bonds is 6. The highest BCUT2D eigenvalue weighted by Crippen LogP contribution is 2.25. The van der Waals surface area contributed by atoms with Gasteiger partial charge in [0.2, 0.25) is 5.91 Å². The fourth-order valence-electron chi connectivity index (χ4n) is 3.04. The third kappa shape index (κ3) is 4.98. The van der Waals surface area contributed by atoms with Crippen LogP contribution in [0.2, 0.25) is 0 Å². The van der Waals surface area contributed by atoms with Crippen molar-refractivity contribution >= 4 is 22.9 Å². The third-order valence-electron chi connectivity index (χ3n) is 4.69. The van der Waals surface area contributed by atoms with E-state index in [1.165, 1.54) is 5.56 Å². The molecule has 0 saturated heterocycles. The summed E-state index contributed by atoms with van der Waals surface area (Å²) in [7, 11) is 1.94. The Balaban J connectivity index is 1.69. The van der Waals surface area contributed by atoms with Crippen LogP contribution in [0.3, 0.4) is 0 Å². The van der Waals surface area contributed by atoms with Crippen LogP contribution in [0.15, 0.2) is 66.2 Å². The normalized spacial score (nSPS) is 12.4. The zero-order valence-corrected chi connectivity index (χ0v) is 17.7. The highest BCUT2D eigenvalue weighted by atomic mass is 32.1. The number of carbonyl (C=O) groups is 1. The summed E-state index contributed by atoms with van der Waals surface area (Å²) in [6.45, 7) is 6.87. The summed E-state index contributed by atoms with van der Waals surface area (Å²) in [5.41, 5.74) is 3.45. The molecule has 1 heterocycles. The minimum Gasteiger partial charge on any atom is -0.365 e. The second-order valence-corrected chi connectivity index (χ2v) is 8.86. The second-order valence-electron chi connectivity index (χ2n) is 7.93. The maximum Gasteiger partial charge on any atom is 0.240 e. The van der Waals surface area contributed by atoms with Gasteiger partial charge in [-0.25, -0.2) is 4.98 Å². The average molecular weight is 394 g/mol. The molecular formula is C23H27N3OS. The lowest BCUT2D eigenvalue weighted by atomic mass is 9.87. The van der Waals surface area contributed by atoms with E-state index in [0.717, 1.165) is 16.3 Å². The Morgan fingerprint density at radius 3 is 2.36 bits per heavy atom. The molecule has 2 aromatic carbocycles. The Labute approximate surface area is 171 Å². The topological polar surface area (TPSA) is 45.2 Å². The van der Waals surface area contributed by atoms with Gasteiger partial charge in [-0.1, -0.05) is 63.2 Å². The SMILES string of the molecule is CN(CC(=O)NC(c1ccccc1)c1nccs1)c1ccc(C(C)(C)C)cc1. The van der Waals surface area contributed by atoms with E-state index in [9.17, 15) is 4.79 Å². The maximum absolute atomic E-state index is 12.8. The van der Waals surface area contributed by atoms with E-state index in [1.807, 2.05) is 47.7 Å². The Morgan fingerprint density at radius 1 is 1.11 bits per heavy atom. The number of benzene rings is 2. The molecule has 0 saturated carbocycles. The minimum absolute atomic E-state index is 0.0357. The molecule has 4 nitrogen and oxygen atoms in total. The summed E-state index contributed by atoms with van der Waals surface area (Å²) in [5, 5.41) is 5.96. The van der Waals surface area contributed by atoms with E-state index in [-0.39, 0.29) is 23.9 Å². The lowest BCUT2D eigenvalue weighted by Crippen LogP contribution is -2.37. The van der Waals surface area contributed by atoms with Crippen molar-refractivity contribution in [3.63, 3.8) is 0 Å². The van der Waals surface area contributed by atoms with Crippen LogP contribution in [0, 0.1) is 0 Å². The number of carbonyl (C=O) groups excluding carboxylic acids is 1. The lowest BCUT2D eigenvalue weighted by molar-refractivity contribution is -0.120. The van der Waals surface area contributed by atoms with Crippen molar-refractivity contribution in [3.8, 4) is 0 Å². The molecule has 0 aliphatic carbocycles. The van der Waals surface area contributed by atoms with Gasteiger partial charge in [0.25, 0.3) is 0 Å². The number of amides is 1. The maximum atomic E-state index is 12.8. The van der Waals surface area contributed by atoms with Gasteiger partial charge in [-0.15, -0.1) is 11.3 Å². The van der Waals surface area contributed by atoms with Gasteiger partial charge in [0.05, 0.1) is 6.54 Å². The lowest BCUT2D eigenvalue weighted by Gasteiger charge is -2.24. The number of nitrogens with one attached hydrogen (secondary N) is 1. The number of thiazole rings is 1. The van der Waals surface area contributed by atoms with Gasteiger partial charge < -0.3 is 10.2 Å². The van der Waals surface area contributed by atoms with E-state index in [2.05, 4.69) is 55.3 Å². The highest BCUT2D eigenvalue weighted by molar-refractivity contribution is 7.09. The van der Waals surface area contributed by atoms with Crippen molar-refractivity contribution < 1.29 is 4.79 Å². The number of anilines is 1. The molecular weight excluding hydrogens is 366 g/mol. The second kappa shape index (κ2) is 8.57. The molecule has 0 radical (unpaired) electrons. The zero-order chi connectivity index (χ0) is 20.1. The van der Waals surface area contributed by atoms with Gasteiger partial charge in [0.15, 0.2) is 0 Å². The molecule has 1 N–H and O–H groups in total. The van der Waals surface area contributed by atoms with Crippen LogP contribution < -0.4 is 10.2 Å². The van der Waals surface area contributed by atoms with E-state index >= 15 is 0 Å². The van der Waals surface area contributed by atoms with E-state index in [0.29, 0.717) is 0 Å². The van der Waals surface area contributed by atoms with Crippen LogP contribution in [0.1, 0.15) is 42.9 Å². The standard InChI is InChI=1S/C23H27N3OS/c1-23(2,3)18-10-12-19(13-11-18)26(4)16-20(27)25-21(22-24-14-15-28-22)17-8-6-5-7-9-17/h5-15,21H,16H2,1-4H3,(H,25,27). The molecule has 28 heavy (non-hydrogen) atoms. The molecule has 146 valence electrons. The number of nitrogens with zero attached hydrogens (tertiary/aromatic N) is 2. The fourth-order valence-corrected chi connectivity index (χ4v) is 3.75. The van der Waals surface area contributed by atoms with Crippen LogP contribution >= 0.6 is 11.3 Å². The highest BCUT2D eigenvalue weighted by Gasteiger charge is 2.20. The molecule has 0 fully saturated rings. The number of hydrogen-bond acceptors (Lipinski definition) is 4. The van der Waals surface area contributed by atoms with Gasteiger partial charge in [-0.2, -0.15) is 0 Å². The van der Waals surface area contributed by atoms with E-state index in [1.54, 1.807) is 17.5 Å². The molecule has 0 spiro atoms. The summed E-state index contributed by atoms with van der Waals surface area (Å²) in [5.74, 6) is -0.0357. The van der Waals surface area contributed by atoms with Crippen LogP contribution in [0.4, 0.5) is 5.69 Å². The summed E-state index contributed by atoms with van der Waals surface area (Å²) >= 11 is 1.55. The molecule has 3 aromatic rings. The number of aromatic nitrogens is 1. The van der Waals surface area contributed by atoms with Crippen LogP contribution in [-0.4, -0.2) is 24.5 Å². The van der Waals surface area contributed by atoms with Crippen LogP contribution in [0.5, 0.6) is 0 Å². The first-order valence-electron chi connectivity index (χ1n) is 9.40. The van der Waals surface area contributed by atoms with Gasteiger partial charge in [-0.3, -0.25) is 4.79 Å². The van der Waals surface area contributed by atoms with Crippen molar-refractivity contribution in [1.29, 1.82) is 0 Å². The Bertz CT molecular complexity index is 884. The van der Waals surface area contributed by atoms with Gasteiger partial charge in [0.1, 0.15) is 11.0 Å². The summed E-state index contributed by atoms with van der Waals surface area (Å²) < 4.78 is 0. The monoisotopic (exact) mass is 393 g/mol. The first-order valence-corrected chi connectivity index (χ1v) is 10.3. The Hall–Kier alpha value is -2.66. The Morgan fingerprint density at radius 2 is 1.79 bits per heavy atom. The fraction of sp³-hybridized carbons (Fsp3) is 0.304. The molecule has 3 rings (SSSR count). The summed E-state index contributed by atoms with van der Waals surface area (Å²) in [4.78, 5) is 19.1. The molecule has 0 aliphatic rings. The van der Waals surface area contributed by atoms with Crippen LogP contribution in [0.25, 0.3) is 0 Å². The van der Waals surface area contributed by atoms with Gasteiger partial charge >= 0.3 is 0 Å². The smallest absolute Gasteiger partial charge is 0.240 e. The Kier molecular flexibility index (Phi) is 6.15. The van der Waals surface area contributed by atoms with E-state index in [4.69, 9.17) is 0 Å². The predicted octanol–water partition coefficient (Wildman–Crippen LogP) is 4.78. The summed E-state index contributed by atoms with van der Waals surface area (Å²) in [6, 6.07) is 18.1. The van der Waals surface area contributed by atoms with Crippen molar-refractivity contribution in [2.45, 2.75) is 32.2 Å². The molecule has 0 bridgehead atoms. The van der Waals surface area contributed by atoms with E-state index < -0.39 is 0 Å². The molecule has 0 aliphatic heterocycles. The molecule has 1 aromatic heterocycles. The quantitative estimate of drug-likeness (QED) is 0.655. The van der Waals surface area contributed by atoms with Gasteiger partial charge in [0, 0.05) is 24.3 Å². The molecule has 5 heteroatoms. The average Bonchev–Trinajstić information content (AvgIpc) is 3.20. The minimum atomic E-state index is -0.231. The van der Waals surface area contributed by atoms with Crippen molar-refractivity contribution in [1.82, 2.24) is 10.3 Å². The largest absolute Gasteiger partial charge is 0.365 e. The van der Waals surface area contributed by atoms with Crippen molar-refractivity contribution in [3.05, 3.63) is 82.3 Å². The number of likely N-dealkylation sites (N-methyl/N-ethyl adjacent to an activating group) is 1. The number of hydrogen-bond donors (Lipinski definition) is 1. The van der Waals surface area contributed by atoms with Crippen molar-refractivity contribution in [2.75, 3.05) is 18.5 Å². The van der Waals surface area contributed by atoms with Crippen molar-refractivity contribution in [2.24, 2.45) is 0 Å². The molecule has 1 unspecified atom stereocenters. The first-order chi connectivity index (χ1) is 13.3. The molecule has 1 atom stereocenters.